The van der Waals surface area contributed by atoms with Crippen LogP contribution in [0, 0.1) is 20.8 Å². The Hall–Kier alpha value is -2.75. The molecule has 23 heavy (non-hydrogen) atoms. The molecule has 0 atom stereocenters. The van der Waals surface area contributed by atoms with Gasteiger partial charge in [-0.3, -0.25) is 0 Å². The molecule has 0 aliphatic heterocycles. The van der Waals surface area contributed by atoms with E-state index >= 15 is 0 Å². The zero-order valence-corrected chi connectivity index (χ0v) is 13.5. The summed E-state index contributed by atoms with van der Waals surface area (Å²) in [5.74, 6) is 2.39. The Labute approximate surface area is 135 Å². The second-order valence-corrected chi connectivity index (χ2v) is 5.58. The fourth-order valence-electron chi connectivity index (χ4n) is 2.43. The molecule has 3 rings (SSSR count). The van der Waals surface area contributed by atoms with E-state index in [1.807, 2.05) is 63.2 Å². The van der Waals surface area contributed by atoms with Gasteiger partial charge in [-0.05, 0) is 56.2 Å². The van der Waals surface area contributed by atoms with E-state index in [-0.39, 0.29) is 0 Å². The summed E-state index contributed by atoms with van der Waals surface area (Å²) in [5, 5.41) is 9.88. The number of nitrogens with zero attached hydrogens (tertiary/aromatic N) is 1. The Balaban J connectivity index is 1.83. The van der Waals surface area contributed by atoms with Crippen LogP contribution in [-0.2, 0) is 6.61 Å². The van der Waals surface area contributed by atoms with E-state index in [2.05, 4.69) is 4.98 Å². The van der Waals surface area contributed by atoms with Gasteiger partial charge in [0.25, 0.3) is 0 Å². The minimum Gasteiger partial charge on any atom is -0.507 e. The fraction of sp³-hybridized carbons (Fsp3) is 0.211. The van der Waals surface area contributed by atoms with Crippen LogP contribution in [0.4, 0.5) is 0 Å². The smallest absolute Gasteiger partial charge is 0.226 e. The summed E-state index contributed by atoms with van der Waals surface area (Å²) < 4.78 is 11.5. The van der Waals surface area contributed by atoms with E-state index in [0.29, 0.717) is 18.2 Å². The van der Waals surface area contributed by atoms with Crippen molar-refractivity contribution in [3.63, 3.8) is 0 Å². The molecule has 1 aromatic heterocycles. The summed E-state index contributed by atoms with van der Waals surface area (Å²) in [6.07, 6.45) is 0. The van der Waals surface area contributed by atoms with Crippen LogP contribution >= 0.6 is 0 Å². The van der Waals surface area contributed by atoms with E-state index < -0.39 is 0 Å². The first-order valence-corrected chi connectivity index (χ1v) is 7.49. The summed E-state index contributed by atoms with van der Waals surface area (Å²) >= 11 is 0. The maximum atomic E-state index is 9.88. The molecule has 3 aromatic rings. The SMILES string of the molecule is Cc1cc(-c2nc(COc3ccccc3)c(C)o2)cc(C)c1O. The zero-order chi connectivity index (χ0) is 16.4. The van der Waals surface area contributed by atoms with Crippen molar-refractivity contribution >= 4 is 0 Å². The van der Waals surface area contributed by atoms with E-state index in [4.69, 9.17) is 9.15 Å². The first-order valence-electron chi connectivity index (χ1n) is 7.49. The number of rotatable bonds is 4. The number of aryl methyl sites for hydroxylation is 3. The maximum Gasteiger partial charge on any atom is 0.226 e. The van der Waals surface area contributed by atoms with E-state index in [1.54, 1.807) is 0 Å². The second kappa shape index (κ2) is 6.16. The summed E-state index contributed by atoms with van der Waals surface area (Å²) in [6.45, 7) is 5.96. The van der Waals surface area contributed by atoms with Crippen LogP contribution in [0.1, 0.15) is 22.6 Å². The van der Waals surface area contributed by atoms with Gasteiger partial charge in [-0.15, -0.1) is 0 Å². The fourth-order valence-corrected chi connectivity index (χ4v) is 2.43. The number of hydrogen-bond donors (Lipinski definition) is 1. The van der Waals surface area contributed by atoms with Crippen molar-refractivity contribution in [1.29, 1.82) is 0 Å². The van der Waals surface area contributed by atoms with Gasteiger partial charge in [0, 0.05) is 5.56 Å². The van der Waals surface area contributed by atoms with E-state index in [1.165, 1.54) is 0 Å². The normalized spacial score (nSPS) is 10.7. The van der Waals surface area contributed by atoms with Crippen LogP contribution in [0.5, 0.6) is 11.5 Å². The lowest BCUT2D eigenvalue weighted by atomic mass is 10.1. The molecule has 0 radical (unpaired) electrons. The van der Waals surface area contributed by atoms with Gasteiger partial charge in [0.2, 0.25) is 5.89 Å². The number of phenols is 1. The van der Waals surface area contributed by atoms with Gasteiger partial charge in [-0.25, -0.2) is 4.98 Å². The highest BCUT2D eigenvalue weighted by Crippen LogP contribution is 2.30. The molecule has 1 N–H and O–H groups in total. The first kappa shape index (κ1) is 15.2. The molecule has 0 saturated heterocycles. The predicted molar refractivity (Wildman–Crippen MR) is 88.6 cm³/mol. The van der Waals surface area contributed by atoms with Gasteiger partial charge >= 0.3 is 0 Å². The van der Waals surface area contributed by atoms with Crippen LogP contribution < -0.4 is 4.74 Å². The Morgan fingerprint density at radius 3 is 2.35 bits per heavy atom. The molecule has 0 fully saturated rings. The van der Waals surface area contributed by atoms with Gasteiger partial charge in [0.15, 0.2) is 0 Å². The average Bonchev–Trinajstić information content (AvgIpc) is 2.92. The van der Waals surface area contributed by atoms with Crippen LogP contribution in [0.15, 0.2) is 46.9 Å². The van der Waals surface area contributed by atoms with Crippen molar-refractivity contribution in [2.75, 3.05) is 0 Å². The molecule has 0 aliphatic carbocycles. The molecular formula is C19H19NO3. The maximum absolute atomic E-state index is 9.88. The molecule has 0 unspecified atom stereocenters. The van der Waals surface area contributed by atoms with Crippen LogP contribution in [0.2, 0.25) is 0 Å². The number of para-hydroxylation sites is 1. The molecule has 0 spiro atoms. The van der Waals surface area contributed by atoms with Crippen LogP contribution in [0.3, 0.4) is 0 Å². The van der Waals surface area contributed by atoms with Crippen LogP contribution in [-0.4, -0.2) is 10.1 Å². The highest BCUT2D eigenvalue weighted by molar-refractivity contribution is 5.60. The zero-order valence-electron chi connectivity index (χ0n) is 13.5. The van der Waals surface area contributed by atoms with Crippen molar-refractivity contribution in [3.8, 4) is 23.0 Å². The Morgan fingerprint density at radius 1 is 1.04 bits per heavy atom. The Morgan fingerprint density at radius 2 is 1.70 bits per heavy atom. The highest BCUT2D eigenvalue weighted by atomic mass is 16.5. The van der Waals surface area contributed by atoms with Gasteiger partial charge in [0.1, 0.15) is 29.6 Å². The molecular weight excluding hydrogens is 290 g/mol. The number of aromatic hydroxyl groups is 1. The van der Waals surface area contributed by atoms with Gasteiger partial charge in [0.05, 0.1) is 0 Å². The minimum absolute atomic E-state index is 0.310. The number of phenolic OH excluding ortho intramolecular Hbond substituents is 1. The first-order chi connectivity index (χ1) is 11.0. The third kappa shape index (κ3) is 3.21. The molecule has 118 valence electrons. The van der Waals surface area contributed by atoms with Crippen molar-refractivity contribution in [2.24, 2.45) is 0 Å². The monoisotopic (exact) mass is 309 g/mol. The minimum atomic E-state index is 0.310. The number of aromatic nitrogens is 1. The van der Waals surface area contributed by atoms with Crippen molar-refractivity contribution < 1.29 is 14.3 Å². The summed E-state index contributed by atoms with van der Waals surface area (Å²) in [5.41, 5.74) is 3.23. The number of oxazole rings is 1. The largest absolute Gasteiger partial charge is 0.507 e. The van der Waals surface area contributed by atoms with Crippen LogP contribution in [0.25, 0.3) is 11.5 Å². The van der Waals surface area contributed by atoms with Crippen molar-refractivity contribution in [3.05, 3.63) is 65.0 Å². The van der Waals surface area contributed by atoms with Gasteiger partial charge < -0.3 is 14.3 Å². The molecule has 2 aromatic carbocycles. The molecule has 0 bridgehead atoms. The van der Waals surface area contributed by atoms with Crippen molar-refractivity contribution in [1.82, 2.24) is 4.98 Å². The number of ether oxygens (including phenoxy) is 1. The third-order valence-electron chi connectivity index (χ3n) is 3.75. The lowest BCUT2D eigenvalue weighted by Crippen LogP contribution is -1.97. The average molecular weight is 309 g/mol. The highest BCUT2D eigenvalue weighted by Gasteiger charge is 2.14. The number of benzene rings is 2. The third-order valence-corrected chi connectivity index (χ3v) is 3.75. The summed E-state index contributed by atoms with van der Waals surface area (Å²) in [4.78, 5) is 4.53. The predicted octanol–water partition coefficient (Wildman–Crippen LogP) is 4.55. The lowest BCUT2D eigenvalue weighted by molar-refractivity contribution is 0.299. The standard InChI is InChI=1S/C19H19NO3/c1-12-9-15(10-13(2)18(12)21)19-20-17(14(3)23-19)11-22-16-7-5-4-6-8-16/h4-10,21H,11H2,1-3H3. The molecule has 0 saturated carbocycles. The lowest BCUT2D eigenvalue weighted by Gasteiger charge is -2.05. The molecule has 4 nitrogen and oxygen atoms in total. The van der Waals surface area contributed by atoms with Gasteiger partial charge in [-0.2, -0.15) is 0 Å². The molecule has 1 heterocycles. The number of hydrogen-bond acceptors (Lipinski definition) is 4. The quantitative estimate of drug-likeness (QED) is 0.768. The molecule has 0 amide bonds. The topological polar surface area (TPSA) is 55.5 Å². The Kier molecular flexibility index (Phi) is 4.06. The molecule has 0 aliphatic rings. The van der Waals surface area contributed by atoms with Gasteiger partial charge in [-0.1, -0.05) is 18.2 Å². The van der Waals surface area contributed by atoms with Crippen molar-refractivity contribution in [2.45, 2.75) is 27.4 Å². The Bertz CT molecular complexity index is 799. The van der Waals surface area contributed by atoms with E-state index in [0.717, 1.165) is 33.9 Å². The summed E-state index contributed by atoms with van der Waals surface area (Å²) in [7, 11) is 0. The summed E-state index contributed by atoms with van der Waals surface area (Å²) in [6, 6.07) is 13.4. The second-order valence-electron chi connectivity index (χ2n) is 5.58. The van der Waals surface area contributed by atoms with E-state index in [9.17, 15) is 5.11 Å². The molecule has 4 heteroatoms.